The van der Waals surface area contributed by atoms with E-state index >= 15 is 0 Å². The number of carbonyl (C=O) groups excluding carboxylic acids is 1. The van der Waals surface area contributed by atoms with Crippen molar-refractivity contribution in [1.29, 1.82) is 0 Å². The summed E-state index contributed by atoms with van der Waals surface area (Å²) in [6.07, 6.45) is 0.944. The molecule has 0 bridgehead atoms. The number of aryl methyl sites for hydroxylation is 1. The highest BCUT2D eigenvalue weighted by Crippen LogP contribution is 2.26. The number of nitrogens with zero attached hydrogens (tertiary/aromatic N) is 2. The minimum atomic E-state index is -0.0761. The van der Waals surface area contributed by atoms with Gasteiger partial charge in [0.2, 0.25) is 0 Å². The van der Waals surface area contributed by atoms with Crippen LogP contribution in [-0.2, 0) is 6.54 Å². The van der Waals surface area contributed by atoms with E-state index in [2.05, 4.69) is 36.1 Å². The normalized spacial score (nSPS) is 15.9. The fourth-order valence-corrected chi connectivity index (χ4v) is 3.70. The first-order chi connectivity index (χ1) is 12.0. The Morgan fingerprint density at radius 2 is 1.64 bits per heavy atom. The van der Waals surface area contributed by atoms with E-state index in [4.69, 9.17) is 23.2 Å². The molecule has 0 aliphatic carbocycles. The molecule has 0 aromatic heterocycles. The van der Waals surface area contributed by atoms with Crippen molar-refractivity contribution in [2.45, 2.75) is 19.9 Å². The third-order valence-corrected chi connectivity index (χ3v) is 5.21. The Kier molecular flexibility index (Phi) is 6.00. The number of benzene rings is 2. The summed E-state index contributed by atoms with van der Waals surface area (Å²) in [4.78, 5) is 17.1. The highest BCUT2D eigenvalue weighted by molar-refractivity contribution is 6.39. The van der Waals surface area contributed by atoms with Crippen LogP contribution in [0.2, 0.25) is 10.0 Å². The van der Waals surface area contributed by atoms with Crippen LogP contribution < -0.4 is 0 Å². The third-order valence-electron chi connectivity index (χ3n) is 4.58. The van der Waals surface area contributed by atoms with Crippen LogP contribution in [0.15, 0.2) is 42.5 Å². The van der Waals surface area contributed by atoms with Gasteiger partial charge in [-0.2, -0.15) is 0 Å². The zero-order valence-electron chi connectivity index (χ0n) is 14.3. The van der Waals surface area contributed by atoms with E-state index in [9.17, 15) is 4.79 Å². The lowest BCUT2D eigenvalue weighted by Crippen LogP contribution is -2.35. The van der Waals surface area contributed by atoms with Crippen molar-refractivity contribution in [1.82, 2.24) is 9.80 Å². The Morgan fingerprint density at radius 3 is 2.32 bits per heavy atom. The van der Waals surface area contributed by atoms with E-state index in [-0.39, 0.29) is 5.91 Å². The molecule has 1 saturated heterocycles. The molecule has 2 aromatic rings. The van der Waals surface area contributed by atoms with Crippen LogP contribution in [0, 0.1) is 6.92 Å². The summed E-state index contributed by atoms with van der Waals surface area (Å²) in [6.45, 7) is 6.25. The van der Waals surface area contributed by atoms with Gasteiger partial charge >= 0.3 is 0 Å². The summed E-state index contributed by atoms with van der Waals surface area (Å²) < 4.78 is 0. The second kappa shape index (κ2) is 8.22. The summed E-state index contributed by atoms with van der Waals surface area (Å²) in [7, 11) is 0. The summed E-state index contributed by atoms with van der Waals surface area (Å²) in [5.41, 5.74) is 2.99. The van der Waals surface area contributed by atoms with Gasteiger partial charge < -0.3 is 4.90 Å². The molecule has 25 heavy (non-hydrogen) atoms. The zero-order valence-corrected chi connectivity index (χ0v) is 15.9. The smallest absolute Gasteiger partial charge is 0.256 e. The largest absolute Gasteiger partial charge is 0.337 e. The average molecular weight is 377 g/mol. The zero-order chi connectivity index (χ0) is 17.8. The van der Waals surface area contributed by atoms with Crippen molar-refractivity contribution in [3.05, 3.63) is 69.2 Å². The van der Waals surface area contributed by atoms with Crippen molar-refractivity contribution in [2.75, 3.05) is 26.2 Å². The van der Waals surface area contributed by atoms with Crippen LogP contribution in [0.25, 0.3) is 0 Å². The van der Waals surface area contributed by atoms with Crippen LogP contribution in [0.5, 0.6) is 0 Å². The maximum absolute atomic E-state index is 12.8. The average Bonchev–Trinajstić information content (AvgIpc) is 2.82. The van der Waals surface area contributed by atoms with Crippen molar-refractivity contribution in [3.8, 4) is 0 Å². The van der Waals surface area contributed by atoms with Crippen molar-refractivity contribution in [3.63, 3.8) is 0 Å². The molecule has 0 spiro atoms. The van der Waals surface area contributed by atoms with Gasteiger partial charge in [-0.3, -0.25) is 9.69 Å². The summed E-state index contributed by atoms with van der Waals surface area (Å²) in [5, 5.41) is 0.830. The summed E-state index contributed by atoms with van der Waals surface area (Å²) in [5.74, 6) is -0.0761. The quantitative estimate of drug-likeness (QED) is 0.778. The second-order valence-electron chi connectivity index (χ2n) is 6.50. The fourth-order valence-electron chi connectivity index (χ4n) is 3.14. The van der Waals surface area contributed by atoms with E-state index in [1.807, 2.05) is 4.90 Å². The minimum Gasteiger partial charge on any atom is -0.337 e. The molecule has 1 fully saturated rings. The highest BCUT2D eigenvalue weighted by atomic mass is 35.5. The van der Waals surface area contributed by atoms with Gasteiger partial charge in [-0.05, 0) is 31.0 Å². The number of amides is 1. The molecular formula is C20H22Cl2N2O. The number of hydrogen-bond donors (Lipinski definition) is 0. The van der Waals surface area contributed by atoms with Gasteiger partial charge in [0.15, 0.2) is 0 Å². The fraction of sp³-hybridized carbons (Fsp3) is 0.350. The topological polar surface area (TPSA) is 23.6 Å². The molecule has 0 atom stereocenters. The minimum absolute atomic E-state index is 0.0761. The van der Waals surface area contributed by atoms with Crippen LogP contribution in [0.3, 0.4) is 0 Å². The molecule has 1 amide bonds. The molecule has 0 saturated carbocycles. The van der Waals surface area contributed by atoms with E-state index < -0.39 is 0 Å². The molecule has 0 radical (unpaired) electrons. The van der Waals surface area contributed by atoms with E-state index in [0.717, 1.165) is 32.6 Å². The number of carbonyl (C=O) groups is 1. The Hall–Kier alpha value is -1.55. The van der Waals surface area contributed by atoms with E-state index in [1.54, 1.807) is 18.2 Å². The number of halogens is 2. The van der Waals surface area contributed by atoms with Gasteiger partial charge in [0.25, 0.3) is 5.91 Å². The van der Waals surface area contributed by atoms with Gasteiger partial charge in [-0.1, -0.05) is 59.1 Å². The molecular weight excluding hydrogens is 355 g/mol. The SMILES string of the molecule is Cc1ccc(CN2CCCN(C(=O)c3c(Cl)cccc3Cl)CC2)cc1. The van der Waals surface area contributed by atoms with Gasteiger partial charge in [-0.15, -0.1) is 0 Å². The molecule has 1 aliphatic rings. The molecule has 0 unspecified atom stereocenters. The van der Waals surface area contributed by atoms with E-state index in [0.29, 0.717) is 22.2 Å². The molecule has 3 nitrogen and oxygen atoms in total. The van der Waals surface area contributed by atoms with Gasteiger partial charge in [0, 0.05) is 32.7 Å². The first-order valence-electron chi connectivity index (χ1n) is 8.56. The molecule has 132 valence electrons. The molecule has 0 N–H and O–H groups in total. The molecule has 5 heteroatoms. The standard InChI is InChI=1S/C20H22Cl2N2O/c1-15-6-8-16(9-7-15)14-23-10-3-11-24(13-12-23)20(25)19-17(21)4-2-5-18(19)22/h2,4-9H,3,10-14H2,1H3. The van der Waals surface area contributed by atoms with Crippen LogP contribution in [0.1, 0.15) is 27.9 Å². The van der Waals surface area contributed by atoms with Crippen molar-refractivity contribution < 1.29 is 4.79 Å². The molecule has 1 aliphatic heterocycles. The second-order valence-corrected chi connectivity index (χ2v) is 7.32. The third kappa shape index (κ3) is 4.55. The van der Waals surface area contributed by atoms with E-state index in [1.165, 1.54) is 11.1 Å². The van der Waals surface area contributed by atoms with Gasteiger partial charge in [-0.25, -0.2) is 0 Å². The molecule has 1 heterocycles. The maximum Gasteiger partial charge on any atom is 0.256 e. The van der Waals surface area contributed by atoms with Crippen molar-refractivity contribution in [2.24, 2.45) is 0 Å². The Bertz CT molecular complexity index is 726. The van der Waals surface area contributed by atoms with Gasteiger partial charge in [0.1, 0.15) is 0 Å². The van der Waals surface area contributed by atoms with Crippen molar-refractivity contribution >= 4 is 29.1 Å². The maximum atomic E-state index is 12.8. The lowest BCUT2D eigenvalue weighted by Gasteiger charge is -2.23. The summed E-state index contributed by atoms with van der Waals surface area (Å²) in [6, 6.07) is 13.8. The van der Waals surface area contributed by atoms with Crippen LogP contribution >= 0.6 is 23.2 Å². The van der Waals surface area contributed by atoms with Gasteiger partial charge in [0.05, 0.1) is 15.6 Å². The predicted octanol–water partition coefficient (Wildman–Crippen LogP) is 4.65. The van der Waals surface area contributed by atoms with Crippen LogP contribution in [-0.4, -0.2) is 41.9 Å². The monoisotopic (exact) mass is 376 g/mol. The Labute approximate surface area is 159 Å². The summed E-state index contributed by atoms with van der Waals surface area (Å²) >= 11 is 12.4. The first-order valence-corrected chi connectivity index (χ1v) is 9.31. The molecule has 3 rings (SSSR count). The highest BCUT2D eigenvalue weighted by Gasteiger charge is 2.23. The number of rotatable bonds is 3. The van der Waals surface area contributed by atoms with Crippen LogP contribution in [0.4, 0.5) is 0 Å². The predicted molar refractivity (Wildman–Crippen MR) is 103 cm³/mol. The molecule has 2 aromatic carbocycles. The Balaban J connectivity index is 1.65. The lowest BCUT2D eigenvalue weighted by atomic mass is 10.1. The number of hydrogen-bond acceptors (Lipinski definition) is 2. The first kappa shape index (κ1) is 18.2. The lowest BCUT2D eigenvalue weighted by molar-refractivity contribution is 0.0761. The Morgan fingerprint density at radius 1 is 0.960 bits per heavy atom.